The van der Waals surface area contributed by atoms with Crippen LogP contribution in [0.2, 0.25) is 6.04 Å². The number of rotatable bonds is 3. The van der Waals surface area contributed by atoms with Crippen LogP contribution in [0.4, 0.5) is 0 Å². The third-order valence-corrected chi connectivity index (χ3v) is 6.15. The first-order chi connectivity index (χ1) is 7.81. The van der Waals surface area contributed by atoms with Crippen LogP contribution in [0.1, 0.15) is 24.0 Å². The minimum Gasteiger partial charge on any atom is -0.415 e. The fourth-order valence-corrected chi connectivity index (χ4v) is 5.05. The van der Waals surface area contributed by atoms with Gasteiger partial charge in [0, 0.05) is 6.61 Å². The third-order valence-electron chi connectivity index (χ3n) is 3.24. The van der Waals surface area contributed by atoms with Crippen LogP contribution in [-0.2, 0) is 10.8 Å². The molecule has 0 spiro atoms. The van der Waals surface area contributed by atoms with E-state index in [0.29, 0.717) is 0 Å². The lowest BCUT2D eigenvalue weighted by atomic mass is 10.1. The summed E-state index contributed by atoms with van der Waals surface area (Å²) in [6.45, 7) is 6.97. The van der Waals surface area contributed by atoms with E-state index in [4.69, 9.17) is 4.43 Å². The van der Waals surface area contributed by atoms with Crippen LogP contribution in [0.15, 0.2) is 30.9 Å². The minimum atomic E-state index is -1.09. The fraction of sp³-hybridized carbons (Fsp3) is 0.429. The lowest BCUT2D eigenvalue weighted by Crippen LogP contribution is -2.38. The average Bonchev–Trinajstić information content (AvgIpc) is 2.31. The Labute approximate surface area is 99.9 Å². The molecule has 0 bridgehead atoms. The molecule has 0 aliphatic carbocycles. The standard InChI is InChI=1S/C14H20OSi/c1-3-6-13-7-8-14(12(2)11-13)16-10-5-4-9-15-16/h3,7-8,11,16H,1,4-6,9-10H2,2H3. The van der Waals surface area contributed by atoms with E-state index >= 15 is 0 Å². The number of aryl methyl sites for hydroxylation is 1. The molecule has 1 aliphatic heterocycles. The van der Waals surface area contributed by atoms with Crippen molar-refractivity contribution in [2.24, 2.45) is 0 Å². The predicted molar refractivity (Wildman–Crippen MR) is 71.9 cm³/mol. The number of hydrogen-bond acceptors (Lipinski definition) is 1. The summed E-state index contributed by atoms with van der Waals surface area (Å²) in [6.07, 6.45) is 5.53. The molecule has 1 fully saturated rings. The summed E-state index contributed by atoms with van der Waals surface area (Å²) in [5.41, 5.74) is 2.78. The third kappa shape index (κ3) is 2.63. The first kappa shape index (κ1) is 11.6. The molecule has 1 aromatic carbocycles. The molecule has 0 radical (unpaired) electrons. The van der Waals surface area contributed by atoms with Crippen molar-refractivity contribution in [3.8, 4) is 0 Å². The van der Waals surface area contributed by atoms with Gasteiger partial charge in [-0.05, 0) is 42.1 Å². The predicted octanol–water partition coefficient (Wildman–Crippen LogP) is 2.46. The summed E-state index contributed by atoms with van der Waals surface area (Å²) in [4.78, 5) is 0. The summed E-state index contributed by atoms with van der Waals surface area (Å²) < 4.78 is 5.96. The van der Waals surface area contributed by atoms with E-state index < -0.39 is 9.04 Å². The Hall–Kier alpha value is -0.863. The normalized spacial score (nSPS) is 20.7. The molecule has 1 saturated heterocycles. The van der Waals surface area contributed by atoms with Crippen molar-refractivity contribution in [3.05, 3.63) is 42.0 Å². The molecular weight excluding hydrogens is 212 g/mol. The van der Waals surface area contributed by atoms with Gasteiger partial charge in [0.1, 0.15) is 0 Å². The van der Waals surface area contributed by atoms with E-state index in [2.05, 4.69) is 31.7 Å². The van der Waals surface area contributed by atoms with E-state index in [1.807, 2.05) is 6.08 Å². The first-order valence-corrected chi connectivity index (χ1v) is 7.99. The maximum absolute atomic E-state index is 5.96. The van der Waals surface area contributed by atoms with Crippen LogP contribution in [0.5, 0.6) is 0 Å². The van der Waals surface area contributed by atoms with E-state index in [1.165, 1.54) is 35.2 Å². The monoisotopic (exact) mass is 232 g/mol. The van der Waals surface area contributed by atoms with Crippen molar-refractivity contribution in [1.82, 2.24) is 0 Å². The van der Waals surface area contributed by atoms with Gasteiger partial charge in [0.15, 0.2) is 0 Å². The molecular formula is C14H20OSi. The van der Waals surface area contributed by atoms with Gasteiger partial charge in [-0.25, -0.2) is 0 Å². The van der Waals surface area contributed by atoms with Gasteiger partial charge in [0.05, 0.1) is 0 Å². The highest BCUT2D eigenvalue weighted by atomic mass is 28.3. The molecule has 2 rings (SSSR count). The van der Waals surface area contributed by atoms with Gasteiger partial charge in [-0.3, -0.25) is 0 Å². The maximum atomic E-state index is 5.96. The Kier molecular flexibility index (Phi) is 3.96. The Balaban J connectivity index is 2.17. The highest BCUT2D eigenvalue weighted by Gasteiger charge is 2.19. The van der Waals surface area contributed by atoms with Crippen LogP contribution in [-0.4, -0.2) is 15.6 Å². The maximum Gasteiger partial charge on any atom is 0.208 e. The van der Waals surface area contributed by atoms with Crippen LogP contribution >= 0.6 is 0 Å². The van der Waals surface area contributed by atoms with Crippen LogP contribution in [0.25, 0.3) is 0 Å². The van der Waals surface area contributed by atoms with Crippen LogP contribution in [0, 0.1) is 6.92 Å². The van der Waals surface area contributed by atoms with Gasteiger partial charge in [-0.1, -0.05) is 30.7 Å². The van der Waals surface area contributed by atoms with Crippen molar-refractivity contribution in [2.75, 3.05) is 6.61 Å². The molecule has 1 aromatic rings. The number of hydrogen-bond donors (Lipinski definition) is 0. The lowest BCUT2D eigenvalue weighted by Gasteiger charge is -2.23. The molecule has 1 nitrogen and oxygen atoms in total. The zero-order chi connectivity index (χ0) is 11.4. The van der Waals surface area contributed by atoms with E-state index in [0.717, 1.165) is 13.0 Å². The van der Waals surface area contributed by atoms with Crippen molar-refractivity contribution < 1.29 is 4.43 Å². The van der Waals surface area contributed by atoms with Crippen molar-refractivity contribution >= 4 is 14.2 Å². The van der Waals surface area contributed by atoms with Gasteiger partial charge >= 0.3 is 0 Å². The Morgan fingerprint density at radius 1 is 1.44 bits per heavy atom. The van der Waals surface area contributed by atoms with Gasteiger partial charge in [0.25, 0.3) is 0 Å². The summed E-state index contributed by atoms with van der Waals surface area (Å²) in [7, 11) is -1.09. The summed E-state index contributed by atoms with van der Waals surface area (Å²) >= 11 is 0. The van der Waals surface area contributed by atoms with Crippen LogP contribution in [0.3, 0.4) is 0 Å². The van der Waals surface area contributed by atoms with E-state index in [9.17, 15) is 0 Å². The van der Waals surface area contributed by atoms with Crippen molar-refractivity contribution in [2.45, 2.75) is 32.2 Å². The summed E-state index contributed by atoms with van der Waals surface area (Å²) in [5.74, 6) is 0. The molecule has 0 N–H and O–H groups in total. The van der Waals surface area contributed by atoms with Gasteiger partial charge in [0.2, 0.25) is 9.04 Å². The SMILES string of the molecule is C=CCc1ccc([SiH]2CCCCO2)c(C)c1. The molecule has 86 valence electrons. The number of benzene rings is 1. The van der Waals surface area contributed by atoms with E-state index in [1.54, 1.807) is 0 Å². The quantitative estimate of drug-likeness (QED) is 0.574. The molecule has 1 atom stereocenters. The second-order valence-corrected chi connectivity index (χ2v) is 7.05. The minimum absolute atomic E-state index is 0.966. The molecule has 0 saturated carbocycles. The van der Waals surface area contributed by atoms with Crippen molar-refractivity contribution in [1.29, 1.82) is 0 Å². The average molecular weight is 232 g/mol. The zero-order valence-electron chi connectivity index (χ0n) is 10.0. The molecule has 1 aliphatic rings. The smallest absolute Gasteiger partial charge is 0.208 e. The second-order valence-electron chi connectivity index (χ2n) is 4.54. The second kappa shape index (κ2) is 5.46. The lowest BCUT2D eigenvalue weighted by molar-refractivity contribution is 0.294. The molecule has 16 heavy (non-hydrogen) atoms. The Morgan fingerprint density at radius 3 is 2.94 bits per heavy atom. The highest BCUT2D eigenvalue weighted by molar-refractivity contribution is 6.68. The van der Waals surface area contributed by atoms with Gasteiger partial charge in [-0.15, -0.1) is 6.58 Å². The first-order valence-electron chi connectivity index (χ1n) is 6.13. The number of allylic oxidation sites excluding steroid dienone is 1. The molecule has 1 heterocycles. The molecule has 2 heteroatoms. The van der Waals surface area contributed by atoms with Gasteiger partial charge < -0.3 is 4.43 Å². The molecule has 1 unspecified atom stereocenters. The highest BCUT2D eigenvalue weighted by Crippen LogP contribution is 2.13. The Morgan fingerprint density at radius 2 is 2.31 bits per heavy atom. The zero-order valence-corrected chi connectivity index (χ0v) is 11.2. The van der Waals surface area contributed by atoms with Gasteiger partial charge in [-0.2, -0.15) is 0 Å². The van der Waals surface area contributed by atoms with Crippen molar-refractivity contribution in [3.63, 3.8) is 0 Å². The summed E-state index contributed by atoms with van der Waals surface area (Å²) in [6, 6.07) is 8.12. The Bertz CT molecular complexity index is 367. The summed E-state index contributed by atoms with van der Waals surface area (Å²) in [5, 5.41) is 1.51. The van der Waals surface area contributed by atoms with E-state index in [-0.39, 0.29) is 0 Å². The fourth-order valence-electron chi connectivity index (χ4n) is 2.38. The molecule has 0 aromatic heterocycles. The largest absolute Gasteiger partial charge is 0.415 e. The molecule has 0 amide bonds. The van der Waals surface area contributed by atoms with Crippen LogP contribution < -0.4 is 5.19 Å². The topological polar surface area (TPSA) is 9.23 Å².